The molecule has 0 spiro atoms. The topological polar surface area (TPSA) is 521 Å². The molecule has 4 aliphatic heterocycles. The van der Waals surface area contributed by atoms with E-state index in [4.69, 9.17) is 39.9 Å². The molecule has 0 saturated carbocycles. The molecule has 0 bridgehead atoms. The zero-order valence-corrected chi connectivity index (χ0v) is 92.7. The minimum absolute atomic E-state index is 0.0879. The van der Waals surface area contributed by atoms with E-state index in [2.05, 4.69) is 14.7 Å². The van der Waals surface area contributed by atoms with E-state index in [1.54, 1.807) is 59.4 Å². The van der Waals surface area contributed by atoms with Crippen LogP contribution in [0, 0.1) is 68.2 Å². The first-order valence-electron chi connectivity index (χ1n) is 47.6. The van der Waals surface area contributed by atoms with E-state index in [0.717, 1.165) is 71.8 Å². The predicted octanol–water partition coefficient (Wildman–Crippen LogP) is 11.7. The van der Waals surface area contributed by atoms with Crippen LogP contribution in [0.25, 0.3) is 0 Å². The van der Waals surface area contributed by atoms with Crippen LogP contribution in [0.5, 0.6) is 0 Å². The Labute approximate surface area is 878 Å². The number of sulfonamides is 4. The molecule has 148 heavy (non-hydrogen) atoms. The highest BCUT2D eigenvalue weighted by Crippen LogP contribution is 2.42. The number of nitro groups is 4. The maximum Gasteiger partial charge on any atom is 0.271 e. The first kappa shape index (κ1) is 121. The third kappa shape index (κ3) is 35.0. The Morgan fingerprint density at radius 3 is 0.784 bits per heavy atom. The van der Waals surface area contributed by atoms with Gasteiger partial charge in [0.1, 0.15) is 19.6 Å². The standard InChI is InChI=1S/C24H33ClN4O7S2.C24H34N4O7S2.C23H31ClN4O7S2.C23H32N4O7S2/c1-4-8-27(13-14-36-37(3,32)33)24-19(2)15-22(29(30)31)17-23(24)38(34,35)28-11-9-26(10-12-28)18-20-6-5-7-21(25)16-20;1-4-10-26(15-16-35-36(3,31)32)24-20(2)17-22(28(29)30)18-23(24)37(33,34)27-13-11-25(12-14-27)19-21-8-6-5-7-9-21;1-4-8-26(13-14-35-36(3,31)32)23-18(2)15-21(28(29)30)17-22(23)37(33,34)27-11-9-25(10-12-27)20-7-5-6-19(24)16-20;1-4-10-25(15-16-34-35(3,30)31)23-19(2)17-21(27(28)29)18-22(23)36(32,33)26-13-11-24(12-14-26)20-8-6-5-7-9-20/h5-7,15-17H,4,8-14,18H2,1-3H3;5-9,17-18H,4,10-16,19H2,1-3H3;5-7,15-17H,4,8-14H2,1-3H3;5-9,17-18H,4,10-16H2,1-3H3. The van der Waals surface area contributed by atoms with Gasteiger partial charge in [-0.15, -0.1) is 0 Å². The van der Waals surface area contributed by atoms with Crippen molar-refractivity contribution >= 4 is 161 Å². The average Bonchev–Trinajstić information content (AvgIpc) is 0.779. The van der Waals surface area contributed by atoms with Crippen molar-refractivity contribution in [2.45, 2.75) is 114 Å². The molecule has 8 aromatic rings. The van der Waals surface area contributed by atoms with E-state index >= 15 is 0 Å². The Morgan fingerprint density at radius 1 is 0.291 bits per heavy atom. The van der Waals surface area contributed by atoms with E-state index in [9.17, 15) is 108 Å². The fourth-order valence-corrected chi connectivity index (χ4v) is 26.4. The van der Waals surface area contributed by atoms with Crippen molar-refractivity contribution in [1.29, 1.82) is 0 Å². The van der Waals surface area contributed by atoms with Crippen molar-refractivity contribution in [2.24, 2.45) is 0 Å². The lowest BCUT2D eigenvalue weighted by atomic mass is 10.1. The summed E-state index contributed by atoms with van der Waals surface area (Å²) in [5.41, 5.74) is 5.68. The molecule has 8 aromatic carbocycles. The predicted molar refractivity (Wildman–Crippen MR) is 570 cm³/mol. The molecular formula is C94H130Cl2N16O28S8. The van der Waals surface area contributed by atoms with Crippen LogP contribution in [-0.4, -0.2) is 323 Å². The maximum atomic E-state index is 13.9. The molecule has 12 rings (SSSR count). The van der Waals surface area contributed by atoms with E-state index in [1.807, 2.05) is 130 Å². The highest BCUT2D eigenvalue weighted by Gasteiger charge is 2.41. The van der Waals surface area contributed by atoms with Crippen LogP contribution in [0.3, 0.4) is 0 Å². The van der Waals surface area contributed by atoms with Crippen LogP contribution in [0.15, 0.2) is 177 Å². The molecule has 4 aliphatic rings. The summed E-state index contributed by atoms with van der Waals surface area (Å²) < 4.78 is 228. The number of non-ortho nitro benzene ring substituents is 4. The van der Waals surface area contributed by atoms with Crippen LogP contribution >= 0.6 is 23.2 Å². The van der Waals surface area contributed by atoms with Crippen molar-refractivity contribution in [2.75, 3.05) is 238 Å². The number of hydrogen-bond donors (Lipinski definition) is 0. The number of para-hydroxylation sites is 1. The molecule has 54 heteroatoms. The Bertz CT molecular complexity index is 6920. The summed E-state index contributed by atoms with van der Waals surface area (Å²) in [7, 11) is -31.1. The summed E-state index contributed by atoms with van der Waals surface area (Å²) in [6, 6.07) is 44.1. The Hall–Kier alpha value is -10.1. The smallest absolute Gasteiger partial charge is 0.271 e. The third-order valence-corrected chi connectivity index (χ3v) is 34.7. The molecule has 0 N–H and O–H groups in total. The molecule has 0 aliphatic carbocycles. The molecule has 4 fully saturated rings. The Morgan fingerprint density at radius 2 is 0.527 bits per heavy atom. The summed E-state index contributed by atoms with van der Waals surface area (Å²) in [4.78, 5) is 58.6. The number of halogens is 2. The molecule has 4 heterocycles. The van der Waals surface area contributed by atoms with Crippen LogP contribution in [0.2, 0.25) is 10.0 Å². The quantitative estimate of drug-likeness (QED) is 0.0194. The number of nitrogens with zero attached hydrogens (tertiary/aromatic N) is 16. The second kappa shape index (κ2) is 54.3. The highest BCUT2D eigenvalue weighted by molar-refractivity contribution is 7.90. The first-order valence-corrected chi connectivity index (χ1v) is 61.4. The number of hydrogen-bond acceptors (Lipinski definition) is 36. The number of benzene rings is 8. The van der Waals surface area contributed by atoms with Crippen LogP contribution < -0.4 is 29.4 Å². The normalized spacial score (nSPS) is 15.3. The highest BCUT2D eigenvalue weighted by atomic mass is 35.5. The zero-order valence-electron chi connectivity index (χ0n) is 84.7. The van der Waals surface area contributed by atoms with Gasteiger partial charge in [0.25, 0.3) is 63.2 Å². The van der Waals surface area contributed by atoms with Crippen molar-refractivity contribution in [3.8, 4) is 0 Å². The summed E-state index contributed by atoms with van der Waals surface area (Å²) >= 11 is 12.2. The molecule has 0 aromatic heterocycles. The number of nitro benzene ring substituents is 4. The molecule has 0 radical (unpaired) electrons. The number of anilines is 6. The van der Waals surface area contributed by atoms with Crippen molar-refractivity contribution in [3.05, 3.63) is 242 Å². The van der Waals surface area contributed by atoms with Crippen molar-refractivity contribution in [1.82, 2.24) is 27.0 Å². The fourth-order valence-electron chi connectivity index (χ4n) is 17.6. The molecule has 816 valence electrons. The summed E-state index contributed by atoms with van der Waals surface area (Å²) in [6.45, 7) is 22.3. The molecule has 44 nitrogen and oxygen atoms in total. The lowest BCUT2D eigenvalue weighted by molar-refractivity contribution is -0.385. The SMILES string of the molecule is CCCN(CCOS(C)(=O)=O)c1c(C)cc([N+](=O)[O-])cc1S(=O)(=O)N1CCN(Cc2cccc(Cl)c2)CC1.CCCN(CCOS(C)(=O)=O)c1c(C)cc([N+](=O)[O-])cc1S(=O)(=O)N1CCN(Cc2ccccc2)CC1.CCCN(CCOS(C)(=O)=O)c1c(C)cc([N+](=O)[O-])cc1S(=O)(=O)N1CCN(c2cccc(Cl)c2)CC1.CCCN(CCOS(C)(=O)=O)c1c(C)cc([N+](=O)[O-])cc1S(=O)(=O)N1CCN(c2ccccc2)CC1. The molecule has 0 unspecified atom stereocenters. The fraction of sp³-hybridized carbons (Fsp3) is 0.489. The molecule has 4 saturated heterocycles. The first-order chi connectivity index (χ1) is 69.5. The van der Waals surface area contributed by atoms with Gasteiger partial charge < -0.3 is 29.4 Å². The van der Waals surface area contributed by atoms with Crippen LogP contribution in [0.1, 0.15) is 86.8 Å². The molecule has 0 atom stereocenters. The lowest BCUT2D eigenvalue weighted by Crippen LogP contribution is -2.49. The van der Waals surface area contributed by atoms with Crippen molar-refractivity contribution in [3.63, 3.8) is 0 Å². The van der Waals surface area contributed by atoms with Gasteiger partial charge in [0.15, 0.2) is 0 Å². The molecular weight excluding hydrogens is 2130 g/mol. The van der Waals surface area contributed by atoms with Gasteiger partial charge in [0, 0.05) is 240 Å². The van der Waals surface area contributed by atoms with Gasteiger partial charge in [-0.2, -0.15) is 50.9 Å². The van der Waals surface area contributed by atoms with E-state index in [0.29, 0.717) is 172 Å². The zero-order chi connectivity index (χ0) is 109. The average molecular weight is 2260 g/mol. The number of rotatable bonds is 46. The second-order valence-corrected chi connectivity index (χ2v) is 50.7. The summed E-state index contributed by atoms with van der Waals surface area (Å²) in [5, 5.41) is 47.6. The van der Waals surface area contributed by atoms with Gasteiger partial charge in [-0.05, 0) is 129 Å². The van der Waals surface area contributed by atoms with E-state index < -0.39 is 100 Å². The summed E-state index contributed by atoms with van der Waals surface area (Å²) in [6.07, 6.45) is 6.33. The van der Waals surface area contributed by atoms with Gasteiger partial charge in [-0.1, -0.05) is 118 Å². The van der Waals surface area contributed by atoms with Gasteiger partial charge in [0.05, 0.1) is 93.9 Å². The molecule has 0 amide bonds. The summed E-state index contributed by atoms with van der Waals surface area (Å²) in [5.74, 6) is 0. The Balaban J connectivity index is 0.000000219. The maximum absolute atomic E-state index is 13.9. The van der Waals surface area contributed by atoms with Gasteiger partial charge in [0.2, 0.25) is 40.1 Å². The minimum Gasteiger partial charge on any atom is -0.369 e. The van der Waals surface area contributed by atoms with Gasteiger partial charge in [-0.25, -0.2) is 33.7 Å². The third-order valence-electron chi connectivity index (χ3n) is 24.2. The van der Waals surface area contributed by atoms with Crippen LogP contribution in [0.4, 0.5) is 56.9 Å². The monoisotopic (exact) mass is 2260 g/mol. The largest absolute Gasteiger partial charge is 0.369 e. The van der Waals surface area contributed by atoms with Gasteiger partial charge >= 0.3 is 0 Å². The Kier molecular flexibility index (Phi) is 44.5. The number of piperazine rings is 4. The lowest BCUT2D eigenvalue weighted by Gasteiger charge is -2.36. The second-order valence-electron chi connectivity index (χ2n) is 35.6. The van der Waals surface area contributed by atoms with E-state index in [-0.39, 0.29) is 147 Å². The van der Waals surface area contributed by atoms with E-state index in [1.165, 1.54) is 41.5 Å². The minimum atomic E-state index is -4.13. The van der Waals surface area contributed by atoms with Gasteiger partial charge in [-0.3, -0.25) is 67.0 Å². The number of aryl methyl sites for hydroxylation is 4. The van der Waals surface area contributed by atoms with Crippen molar-refractivity contribution < 1.29 is 104 Å². The van der Waals surface area contributed by atoms with Crippen LogP contribution in [-0.2, 0) is 110 Å².